The van der Waals surface area contributed by atoms with Gasteiger partial charge in [0.05, 0.1) is 5.52 Å². The second-order valence-corrected chi connectivity index (χ2v) is 4.93. The summed E-state index contributed by atoms with van der Waals surface area (Å²) in [5.74, 6) is 0.946. The van der Waals surface area contributed by atoms with E-state index in [1.54, 1.807) is 4.40 Å². The molecule has 0 saturated heterocycles. The van der Waals surface area contributed by atoms with Crippen LogP contribution in [-0.2, 0) is 0 Å². The van der Waals surface area contributed by atoms with E-state index in [0.717, 1.165) is 16.8 Å². The Kier molecular flexibility index (Phi) is 2.69. The van der Waals surface area contributed by atoms with Crippen LogP contribution in [0.4, 0.5) is 5.82 Å². The van der Waals surface area contributed by atoms with Crippen LogP contribution in [0.25, 0.3) is 5.52 Å². The first-order valence-electron chi connectivity index (χ1n) is 5.82. The van der Waals surface area contributed by atoms with Crippen LogP contribution < -0.4 is 11.4 Å². The van der Waals surface area contributed by atoms with Gasteiger partial charge in [-0.15, -0.1) is 0 Å². The van der Waals surface area contributed by atoms with Gasteiger partial charge < -0.3 is 5.73 Å². The molecule has 2 rings (SSSR count). The quantitative estimate of drug-likeness (QED) is 0.832. The molecule has 0 aromatic carbocycles. The molecule has 0 amide bonds. The number of aromatic amines is 1. The van der Waals surface area contributed by atoms with Crippen molar-refractivity contribution in [3.8, 4) is 0 Å². The van der Waals surface area contributed by atoms with Crippen LogP contribution in [0.5, 0.6) is 0 Å². The average molecular weight is 234 g/mol. The molecule has 0 spiro atoms. The predicted molar refractivity (Wildman–Crippen MR) is 68.4 cm³/mol. The Labute approximate surface area is 99.6 Å². The third kappa shape index (κ3) is 1.71. The van der Waals surface area contributed by atoms with Crippen molar-refractivity contribution in [2.45, 2.75) is 39.5 Å². The Morgan fingerprint density at radius 3 is 2.47 bits per heavy atom. The molecule has 3 N–H and O–H groups in total. The molecule has 5 heteroatoms. The third-order valence-electron chi connectivity index (χ3n) is 2.99. The monoisotopic (exact) mass is 234 g/mol. The van der Waals surface area contributed by atoms with E-state index in [0.29, 0.717) is 11.7 Å². The van der Waals surface area contributed by atoms with E-state index in [1.807, 2.05) is 0 Å². The Bertz CT molecular complexity index is 607. The first-order valence-corrected chi connectivity index (χ1v) is 5.82. The lowest BCUT2D eigenvalue weighted by molar-refractivity contribution is 0.772. The second kappa shape index (κ2) is 3.91. The second-order valence-electron chi connectivity index (χ2n) is 4.93. The third-order valence-corrected chi connectivity index (χ3v) is 2.99. The minimum absolute atomic E-state index is 0.232. The number of anilines is 1. The molecular weight excluding hydrogens is 216 g/mol. The van der Waals surface area contributed by atoms with Gasteiger partial charge in [-0.2, -0.15) is 5.10 Å². The van der Waals surface area contributed by atoms with E-state index in [-0.39, 0.29) is 11.6 Å². The normalized spacial score (nSPS) is 11.9. The van der Waals surface area contributed by atoms with Crippen molar-refractivity contribution >= 4 is 11.3 Å². The van der Waals surface area contributed by atoms with Gasteiger partial charge >= 0.3 is 5.69 Å². The van der Waals surface area contributed by atoms with Gasteiger partial charge in [-0.25, -0.2) is 9.89 Å². The van der Waals surface area contributed by atoms with E-state index >= 15 is 0 Å². The zero-order chi connectivity index (χ0) is 12.7. The first kappa shape index (κ1) is 11.7. The number of hydrogen-bond acceptors (Lipinski definition) is 3. The van der Waals surface area contributed by atoms with E-state index in [4.69, 9.17) is 5.73 Å². The number of H-pyrrole nitrogens is 1. The lowest BCUT2D eigenvalue weighted by Gasteiger charge is -2.06. The topological polar surface area (TPSA) is 76.2 Å². The lowest BCUT2D eigenvalue weighted by atomic mass is 10.0. The number of rotatable bonds is 2. The molecule has 17 heavy (non-hydrogen) atoms. The minimum atomic E-state index is -0.232. The fourth-order valence-corrected chi connectivity index (χ4v) is 2.11. The summed E-state index contributed by atoms with van der Waals surface area (Å²) >= 11 is 0. The minimum Gasteiger partial charge on any atom is -0.381 e. The molecule has 92 valence electrons. The molecule has 5 nitrogen and oxygen atoms in total. The molecule has 0 saturated carbocycles. The molecule has 2 aromatic rings. The summed E-state index contributed by atoms with van der Waals surface area (Å²) in [7, 11) is 0. The number of fused-ring (bicyclic) bond motifs is 1. The predicted octanol–water partition coefficient (Wildman–Crippen LogP) is 1.85. The summed E-state index contributed by atoms with van der Waals surface area (Å²) in [6.07, 6.45) is 0. The maximum atomic E-state index is 11.9. The number of aromatic nitrogens is 3. The zero-order valence-corrected chi connectivity index (χ0v) is 10.6. The molecule has 0 aliphatic carbocycles. The van der Waals surface area contributed by atoms with E-state index in [2.05, 4.69) is 44.0 Å². The van der Waals surface area contributed by atoms with Crippen molar-refractivity contribution in [2.24, 2.45) is 0 Å². The molecule has 0 bridgehead atoms. The van der Waals surface area contributed by atoms with Gasteiger partial charge in [-0.1, -0.05) is 27.7 Å². The summed E-state index contributed by atoms with van der Waals surface area (Å²) < 4.78 is 1.64. The zero-order valence-electron chi connectivity index (χ0n) is 10.6. The maximum Gasteiger partial charge on any atom is 0.346 e. The number of nitrogens with zero attached hydrogens (tertiary/aromatic N) is 2. The summed E-state index contributed by atoms with van der Waals surface area (Å²) in [6.45, 7) is 8.28. The summed E-state index contributed by atoms with van der Waals surface area (Å²) in [4.78, 5) is 11.9. The van der Waals surface area contributed by atoms with Gasteiger partial charge in [0.15, 0.2) is 5.82 Å². The van der Waals surface area contributed by atoms with Crippen molar-refractivity contribution in [1.29, 1.82) is 0 Å². The van der Waals surface area contributed by atoms with Crippen LogP contribution >= 0.6 is 0 Å². The Morgan fingerprint density at radius 2 is 1.94 bits per heavy atom. The molecule has 0 aliphatic heterocycles. The molecule has 0 aliphatic rings. The fraction of sp³-hybridized carbons (Fsp3) is 0.500. The molecule has 0 fully saturated rings. The summed E-state index contributed by atoms with van der Waals surface area (Å²) in [6, 6.07) is 2.05. The van der Waals surface area contributed by atoms with Gasteiger partial charge in [0.1, 0.15) is 0 Å². The van der Waals surface area contributed by atoms with Gasteiger partial charge in [-0.05, 0) is 23.5 Å². The molecule has 0 atom stereocenters. The average Bonchev–Trinajstić information content (AvgIpc) is 2.64. The van der Waals surface area contributed by atoms with Crippen LogP contribution in [0, 0.1) is 0 Å². The maximum absolute atomic E-state index is 11.9. The van der Waals surface area contributed by atoms with Crippen molar-refractivity contribution in [3.63, 3.8) is 0 Å². The lowest BCUT2D eigenvalue weighted by Crippen LogP contribution is -2.21. The van der Waals surface area contributed by atoms with Crippen molar-refractivity contribution in [1.82, 2.24) is 14.6 Å². The van der Waals surface area contributed by atoms with Crippen molar-refractivity contribution in [2.75, 3.05) is 5.73 Å². The van der Waals surface area contributed by atoms with Crippen LogP contribution in [0.3, 0.4) is 0 Å². The SMILES string of the molecule is CC(C)c1cc(C(C)C)n2c(=O)[nH]nc(N)c12. The van der Waals surface area contributed by atoms with Gasteiger partial charge in [0.25, 0.3) is 0 Å². The van der Waals surface area contributed by atoms with E-state index in [9.17, 15) is 4.79 Å². The van der Waals surface area contributed by atoms with Crippen LogP contribution in [0.1, 0.15) is 50.8 Å². The highest BCUT2D eigenvalue weighted by Gasteiger charge is 2.18. The fourth-order valence-electron chi connectivity index (χ4n) is 2.11. The van der Waals surface area contributed by atoms with E-state index in [1.165, 1.54) is 0 Å². The van der Waals surface area contributed by atoms with Crippen LogP contribution in [0.2, 0.25) is 0 Å². The molecule has 0 radical (unpaired) electrons. The smallest absolute Gasteiger partial charge is 0.346 e. The summed E-state index contributed by atoms with van der Waals surface area (Å²) in [5, 5.41) is 6.26. The molecular formula is C12H18N4O. The molecule has 2 aromatic heterocycles. The van der Waals surface area contributed by atoms with Crippen molar-refractivity contribution in [3.05, 3.63) is 27.8 Å². The molecule has 0 unspecified atom stereocenters. The Morgan fingerprint density at radius 1 is 1.29 bits per heavy atom. The van der Waals surface area contributed by atoms with Gasteiger partial charge in [0, 0.05) is 5.69 Å². The Balaban J connectivity index is 2.96. The highest BCUT2D eigenvalue weighted by Crippen LogP contribution is 2.29. The van der Waals surface area contributed by atoms with E-state index < -0.39 is 0 Å². The van der Waals surface area contributed by atoms with Crippen molar-refractivity contribution < 1.29 is 0 Å². The summed E-state index contributed by atoms with van der Waals surface area (Å²) in [5.41, 5.74) is 8.43. The van der Waals surface area contributed by atoms with Crippen LogP contribution in [0.15, 0.2) is 10.9 Å². The largest absolute Gasteiger partial charge is 0.381 e. The number of nitrogen functional groups attached to an aromatic ring is 1. The first-order chi connectivity index (χ1) is 7.93. The van der Waals surface area contributed by atoms with Gasteiger partial charge in [0.2, 0.25) is 0 Å². The van der Waals surface area contributed by atoms with Crippen LogP contribution in [-0.4, -0.2) is 14.6 Å². The highest BCUT2D eigenvalue weighted by atomic mass is 16.1. The Hall–Kier alpha value is -1.78. The molecule has 2 heterocycles. The highest BCUT2D eigenvalue weighted by molar-refractivity contribution is 5.72. The number of nitrogens with two attached hydrogens (primary N) is 1. The number of hydrogen-bond donors (Lipinski definition) is 2. The standard InChI is InChI=1S/C12H18N4O/c1-6(2)8-5-9(7(3)4)16-10(8)11(13)14-15-12(16)17/h5-7H,1-4H3,(H2,13,14)(H,15,17). The number of nitrogens with one attached hydrogen (secondary N) is 1. The van der Waals surface area contributed by atoms with Gasteiger partial charge in [-0.3, -0.25) is 4.40 Å².